The van der Waals surface area contributed by atoms with Gasteiger partial charge >= 0.3 is 5.97 Å². The van der Waals surface area contributed by atoms with E-state index in [0.29, 0.717) is 6.42 Å². The first-order chi connectivity index (χ1) is 5.68. The average molecular weight is 386 g/mol. The molecule has 1 heterocycles. The first-order valence-electron chi connectivity index (χ1n) is 3.36. The zero-order chi connectivity index (χ0) is 8.72. The second-order valence-electron chi connectivity index (χ2n) is 2.50. The Bertz CT molecular complexity index is 360. The van der Waals surface area contributed by atoms with Crippen LogP contribution in [-0.4, -0.2) is 5.97 Å². The molecular weight excluding hydrogens is 382 g/mol. The maximum atomic E-state index is 10.9. The third kappa shape index (κ3) is 1.34. The minimum atomic E-state index is -0.148. The Hall–Kier alpha value is 0.150. The van der Waals surface area contributed by atoms with E-state index in [1.807, 2.05) is 12.1 Å². The first kappa shape index (κ1) is 8.74. The highest BCUT2D eigenvalue weighted by molar-refractivity contribution is 14.1. The third-order valence-corrected chi connectivity index (χ3v) is 4.68. The van der Waals surface area contributed by atoms with Crippen LogP contribution in [0.2, 0.25) is 0 Å². The molecule has 2 nitrogen and oxygen atoms in total. The lowest BCUT2D eigenvalue weighted by Crippen LogP contribution is -2.00. The predicted molar refractivity (Wildman–Crippen MR) is 61.2 cm³/mol. The van der Waals surface area contributed by atoms with E-state index in [1.165, 1.54) is 0 Å². The average Bonchev–Trinajstić information content (AvgIpc) is 2.39. The number of ether oxygens (including phenoxy) is 1. The second-order valence-corrected chi connectivity index (χ2v) is 4.74. The number of rotatable bonds is 0. The molecule has 12 heavy (non-hydrogen) atoms. The molecule has 62 valence electrons. The number of carbonyl (C=O) groups is 1. The Kier molecular flexibility index (Phi) is 2.28. The molecule has 0 amide bonds. The summed E-state index contributed by atoms with van der Waals surface area (Å²) >= 11 is 4.42. The molecule has 0 unspecified atom stereocenters. The lowest BCUT2D eigenvalue weighted by molar-refractivity contribution is -0.131. The number of hydrogen-bond acceptors (Lipinski definition) is 2. The van der Waals surface area contributed by atoms with E-state index in [2.05, 4.69) is 45.2 Å². The van der Waals surface area contributed by atoms with Crippen molar-refractivity contribution in [1.29, 1.82) is 0 Å². The van der Waals surface area contributed by atoms with Gasteiger partial charge in [-0.05, 0) is 51.2 Å². The summed E-state index contributed by atoms with van der Waals surface area (Å²) in [5.41, 5.74) is 1.00. The van der Waals surface area contributed by atoms with E-state index in [9.17, 15) is 4.79 Å². The van der Waals surface area contributed by atoms with E-state index < -0.39 is 0 Å². The highest BCUT2D eigenvalue weighted by atomic mass is 127. The molecule has 0 radical (unpaired) electrons. The van der Waals surface area contributed by atoms with Crippen molar-refractivity contribution >= 4 is 51.2 Å². The molecule has 0 spiro atoms. The van der Waals surface area contributed by atoms with E-state index >= 15 is 0 Å². The summed E-state index contributed by atoms with van der Waals surface area (Å²) in [6.45, 7) is 0. The number of esters is 1. The van der Waals surface area contributed by atoms with Crippen molar-refractivity contribution < 1.29 is 9.53 Å². The van der Waals surface area contributed by atoms with Crippen LogP contribution in [0.15, 0.2) is 12.1 Å². The van der Waals surface area contributed by atoms with Gasteiger partial charge < -0.3 is 4.74 Å². The van der Waals surface area contributed by atoms with Gasteiger partial charge in [0.15, 0.2) is 0 Å². The SMILES string of the molecule is O=C1Cc2ccc(I)c(I)c2O1. The fraction of sp³-hybridized carbons (Fsp3) is 0.125. The van der Waals surface area contributed by atoms with Gasteiger partial charge in [0.05, 0.1) is 9.99 Å². The van der Waals surface area contributed by atoms with Gasteiger partial charge in [0.2, 0.25) is 0 Å². The van der Waals surface area contributed by atoms with Crippen LogP contribution in [-0.2, 0) is 11.2 Å². The molecule has 1 aromatic rings. The quantitative estimate of drug-likeness (QED) is 0.389. The van der Waals surface area contributed by atoms with Gasteiger partial charge in [-0.1, -0.05) is 6.07 Å². The Morgan fingerprint density at radius 1 is 1.33 bits per heavy atom. The van der Waals surface area contributed by atoms with Gasteiger partial charge in [0.25, 0.3) is 0 Å². The predicted octanol–water partition coefficient (Wildman–Crippen LogP) is 2.36. The van der Waals surface area contributed by atoms with Crippen molar-refractivity contribution in [3.63, 3.8) is 0 Å². The maximum Gasteiger partial charge on any atom is 0.315 e. The van der Waals surface area contributed by atoms with Crippen LogP contribution in [0.25, 0.3) is 0 Å². The van der Waals surface area contributed by atoms with Crippen molar-refractivity contribution in [2.45, 2.75) is 6.42 Å². The van der Waals surface area contributed by atoms with Gasteiger partial charge in [-0.25, -0.2) is 0 Å². The van der Waals surface area contributed by atoms with Gasteiger partial charge in [-0.2, -0.15) is 0 Å². The number of carbonyl (C=O) groups excluding carboxylic acids is 1. The smallest absolute Gasteiger partial charge is 0.315 e. The zero-order valence-electron chi connectivity index (χ0n) is 5.93. The molecule has 0 bridgehead atoms. The summed E-state index contributed by atoms with van der Waals surface area (Å²) in [7, 11) is 0. The first-order valence-corrected chi connectivity index (χ1v) is 5.52. The van der Waals surface area contributed by atoms with Crippen molar-refractivity contribution in [3.8, 4) is 5.75 Å². The molecule has 1 aliphatic heterocycles. The topological polar surface area (TPSA) is 26.3 Å². The van der Waals surface area contributed by atoms with Crippen LogP contribution >= 0.6 is 45.2 Å². The molecular formula is C8H4I2O2. The van der Waals surface area contributed by atoms with Crippen LogP contribution in [0.3, 0.4) is 0 Å². The lowest BCUT2D eigenvalue weighted by Gasteiger charge is -2.01. The van der Waals surface area contributed by atoms with Crippen LogP contribution in [0.1, 0.15) is 5.56 Å². The van der Waals surface area contributed by atoms with Crippen molar-refractivity contribution in [2.24, 2.45) is 0 Å². The molecule has 0 N–H and O–H groups in total. The number of benzene rings is 1. The van der Waals surface area contributed by atoms with E-state index in [-0.39, 0.29) is 5.97 Å². The van der Waals surface area contributed by atoms with E-state index in [0.717, 1.165) is 18.5 Å². The number of fused-ring (bicyclic) bond motifs is 1. The molecule has 0 aliphatic carbocycles. The molecule has 0 saturated carbocycles. The summed E-state index contributed by atoms with van der Waals surface area (Å²) in [5.74, 6) is 0.609. The fourth-order valence-corrected chi connectivity index (χ4v) is 2.19. The molecule has 4 heteroatoms. The Morgan fingerprint density at radius 3 is 2.83 bits per heavy atom. The van der Waals surface area contributed by atoms with Crippen LogP contribution < -0.4 is 4.74 Å². The summed E-state index contributed by atoms with van der Waals surface area (Å²) in [4.78, 5) is 10.9. The standard InChI is InChI=1S/C8H4I2O2/c9-5-2-1-4-3-6(11)12-8(4)7(5)10/h1-2H,3H2. The normalized spacial score (nSPS) is 14.3. The van der Waals surface area contributed by atoms with Crippen LogP contribution in [0.4, 0.5) is 0 Å². The molecule has 1 aliphatic rings. The monoisotopic (exact) mass is 386 g/mol. The number of hydrogen-bond donors (Lipinski definition) is 0. The van der Waals surface area contributed by atoms with Gasteiger partial charge in [0, 0.05) is 9.13 Å². The molecule has 1 aromatic carbocycles. The minimum absolute atomic E-state index is 0.148. The van der Waals surface area contributed by atoms with E-state index in [1.54, 1.807) is 0 Å². The number of halogens is 2. The zero-order valence-corrected chi connectivity index (χ0v) is 10.2. The molecule has 0 saturated heterocycles. The highest BCUT2D eigenvalue weighted by Crippen LogP contribution is 2.33. The maximum absolute atomic E-state index is 10.9. The molecule has 2 rings (SSSR count). The van der Waals surface area contributed by atoms with Crippen molar-refractivity contribution in [3.05, 3.63) is 24.8 Å². The molecule has 0 aromatic heterocycles. The largest absolute Gasteiger partial charge is 0.425 e. The summed E-state index contributed by atoms with van der Waals surface area (Å²) in [5, 5.41) is 0. The minimum Gasteiger partial charge on any atom is -0.425 e. The summed E-state index contributed by atoms with van der Waals surface area (Å²) in [6, 6.07) is 3.95. The Balaban J connectivity index is 2.61. The third-order valence-electron chi connectivity index (χ3n) is 1.68. The fourth-order valence-electron chi connectivity index (χ4n) is 1.13. The highest BCUT2D eigenvalue weighted by Gasteiger charge is 2.23. The Morgan fingerprint density at radius 2 is 2.08 bits per heavy atom. The summed E-state index contributed by atoms with van der Waals surface area (Å²) < 4.78 is 7.23. The lowest BCUT2D eigenvalue weighted by atomic mass is 10.2. The van der Waals surface area contributed by atoms with Gasteiger partial charge in [-0.15, -0.1) is 0 Å². The Labute approximate surface area is 97.0 Å². The van der Waals surface area contributed by atoms with E-state index in [4.69, 9.17) is 4.74 Å². The van der Waals surface area contributed by atoms with Crippen molar-refractivity contribution in [2.75, 3.05) is 0 Å². The van der Waals surface area contributed by atoms with Crippen molar-refractivity contribution in [1.82, 2.24) is 0 Å². The second kappa shape index (κ2) is 3.13. The van der Waals surface area contributed by atoms with Crippen LogP contribution in [0.5, 0.6) is 5.75 Å². The van der Waals surface area contributed by atoms with Gasteiger partial charge in [-0.3, -0.25) is 4.79 Å². The molecule has 0 atom stereocenters. The summed E-state index contributed by atoms with van der Waals surface area (Å²) in [6.07, 6.45) is 0.419. The van der Waals surface area contributed by atoms with Gasteiger partial charge in [0.1, 0.15) is 5.75 Å². The van der Waals surface area contributed by atoms with Crippen LogP contribution in [0, 0.1) is 7.14 Å². The molecule has 0 fully saturated rings.